The maximum atomic E-state index is 14.2. The number of nitrogens with two attached hydrogens (primary N) is 1. The van der Waals surface area contributed by atoms with Crippen molar-refractivity contribution in [2.24, 2.45) is 0 Å². The van der Waals surface area contributed by atoms with Gasteiger partial charge in [-0.25, -0.2) is 4.39 Å². The van der Waals surface area contributed by atoms with E-state index in [1.807, 2.05) is 24.3 Å². The molecule has 0 spiro atoms. The molecule has 4 N–H and O–H groups in total. The van der Waals surface area contributed by atoms with E-state index >= 15 is 0 Å². The van der Waals surface area contributed by atoms with E-state index in [1.54, 1.807) is 30.9 Å². The molecular weight excluding hydrogens is 433 g/mol. The summed E-state index contributed by atoms with van der Waals surface area (Å²) in [7, 11) is 1.51. The Hall–Kier alpha value is -4.79. The van der Waals surface area contributed by atoms with E-state index in [0.717, 1.165) is 44.5 Å². The zero-order valence-electron chi connectivity index (χ0n) is 18.0. The number of rotatable bonds is 4. The number of benzene rings is 1. The van der Waals surface area contributed by atoms with Gasteiger partial charge in [-0.1, -0.05) is 0 Å². The van der Waals surface area contributed by atoms with E-state index in [-0.39, 0.29) is 0 Å². The fraction of sp³-hybridized carbons (Fsp3) is 0.0400. The van der Waals surface area contributed by atoms with Gasteiger partial charge in [-0.3, -0.25) is 20.1 Å². The van der Waals surface area contributed by atoms with Gasteiger partial charge in [0.1, 0.15) is 17.3 Å². The highest BCUT2D eigenvalue weighted by Crippen LogP contribution is 2.35. The van der Waals surface area contributed by atoms with Crippen LogP contribution < -0.4 is 10.5 Å². The van der Waals surface area contributed by atoms with E-state index < -0.39 is 5.82 Å². The van der Waals surface area contributed by atoms with Crippen molar-refractivity contribution in [3.05, 3.63) is 73.1 Å². The molecule has 8 nitrogen and oxygen atoms in total. The number of nitrogens with one attached hydrogen (secondary N) is 2. The van der Waals surface area contributed by atoms with E-state index in [1.165, 1.54) is 19.2 Å². The van der Waals surface area contributed by atoms with Crippen LogP contribution in [0.5, 0.6) is 5.75 Å². The van der Waals surface area contributed by atoms with Crippen molar-refractivity contribution in [1.82, 2.24) is 30.1 Å². The Morgan fingerprint density at radius 1 is 0.882 bits per heavy atom. The summed E-state index contributed by atoms with van der Waals surface area (Å²) in [5, 5.41) is 9.29. The summed E-state index contributed by atoms with van der Waals surface area (Å²) < 4.78 is 19.4. The molecule has 0 aliphatic carbocycles. The van der Waals surface area contributed by atoms with Crippen LogP contribution in [0.4, 0.5) is 10.1 Å². The molecule has 0 fully saturated rings. The first-order chi connectivity index (χ1) is 16.6. The van der Waals surface area contributed by atoms with Gasteiger partial charge in [0.15, 0.2) is 0 Å². The lowest BCUT2D eigenvalue weighted by atomic mass is 10.1. The second-order valence-electron chi connectivity index (χ2n) is 7.88. The summed E-state index contributed by atoms with van der Waals surface area (Å²) in [4.78, 5) is 16.6. The van der Waals surface area contributed by atoms with E-state index in [2.05, 4.69) is 30.1 Å². The summed E-state index contributed by atoms with van der Waals surface area (Å²) in [6, 6.07) is 12.2. The van der Waals surface area contributed by atoms with Crippen LogP contribution in [-0.2, 0) is 0 Å². The van der Waals surface area contributed by atoms with Gasteiger partial charge in [-0.2, -0.15) is 5.10 Å². The predicted molar refractivity (Wildman–Crippen MR) is 129 cm³/mol. The second kappa shape index (κ2) is 7.66. The molecule has 1 aromatic carbocycles. The van der Waals surface area contributed by atoms with Gasteiger partial charge < -0.3 is 15.5 Å². The normalized spacial score (nSPS) is 11.4. The Labute approximate surface area is 192 Å². The number of hydrogen-bond donors (Lipinski definition) is 3. The number of H-pyrrole nitrogens is 2. The molecule has 5 aromatic heterocycles. The first kappa shape index (κ1) is 19.9. The zero-order chi connectivity index (χ0) is 23.2. The van der Waals surface area contributed by atoms with Crippen LogP contribution in [0, 0.1) is 5.82 Å². The number of methoxy groups -OCH3 is 1. The predicted octanol–water partition coefficient (Wildman–Crippen LogP) is 4.96. The molecule has 0 amide bonds. The minimum absolute atomic E-state index is 0.390. The number of pyridine rings is 3. The summed E-state index contributed by atoms with van der Waals surface area (Å²) in [6.07, 6.45) is 6.74. The number of ether oxygens (including phenoxy) is 1. The standard InChI is InChI=1S/C25H18FN7O/c1-34-17-6-13(4-15(26)7-17)24-18-9-22(31-20(18)2-3-29-24)25-19-8-21(30-12-23(19)32-33-25)14-5-16(27)11-28-10-14/h2-12,31H,27H2,1H3,(H,32,33). The fourth-order valence-corrected chi connectivity index (χ4v) is 4.11. The molecule has 166 valence electrons. The third-order valence-corrected chi connectivity index (χ3v) is 5.69. The summed E-state index contributed by atoms with van der Waals surface area (Å²) in [5.41, 5.74) is 12.5. The third-order valence-electron chi connectivity index (χ3n) is 5.69. The average molecular weight is 451 g/mol. The van der Waals surface area contributed by atoms with Crippen molar-refractivity contribution in [2.45, 2.75) is 0 Å². The SMILES string of the molecule is COc1cc(F)cc(-c2nccc3[nH]c(-c4n[nH]c5cnc(-c6cncc(N)c6)cc45)cc23)c1. The molecule has 6 rings (SSSR count). The molecule has 5 heterocycles. The summed E-state index contributed by atoms with van der Waals surface area (Å²) in [6.45, 7) is 0. The summed E-state index contributed by atoms with van der Waals surface area (Å²) >= 11 is 0. The van der Waals surface area contributed by atoms with Crippen LogP contribution in [0.1, 0.15) is 0 Å². The Morgan fingerprint density at radius 3 is 2.62 bits per heavy atom. The highest BCUT2D eigenvalue weighted by atomic mass is 19.1. The topological polar surface area (TPSA) is 118 Å². The van der Waals surface area contributed by atoms with E-state index in [9.17, 15) is 4.39 Å². The lowest BCUT2D eigenvalue weighted by Crippen LogP contribution is -1.89. The molecule has 0 saturated carbocycles. The lowest BCUT2D eigenvalue weighted by Gasteiger charge is -2.06. The van der Waals surface area contributed by atoms with Gasteiger partial charge in [0, 0.05) is 52.1 Å². The molecule has 0 saturated heterocycles. The monoisotopic (exact) mass is 451 g/mol. The Balaban J connectivity index is 1.50. The molecule has 34 heavy (non-hydrogen) atoms. The van der Waals surface area contributed by atoms with Crippen molar-refractivity contribution in [2.75, 3.05) is 12.8 Å². The fourth-order valence-electron chi connectivity index (χ4n) is 4.11. The maximum Gasteiger partial charge on any atom is 0.127 e. The number of halogens is 1. The molecule has 0 unspecified atom stereocenters. The maximum absolute atomic E-state index is 14.2. The first-order valence-electron chi connectivity index (χ1n) is 10.5. The number of aromatic nitrogens is 6. The van der Waals surface area contributed by atoms with Crippen LogP contribution in [0.15, 0.2) is 67.3 Å². The van der Waals surface area contributed by atoms with Gasteiger partial charge >= 0.3 is 0 Å². The molecular formula is C25H18FN7O. The Bertz CT molecular complexity index is 1690. The largest absolute Gasteiger partial charge is 0.497 e. The van der Waals surface area contributed by atoms with Crippen LogP contribution >= 0.6 is 0 Å². The molecule has 0 bridgehead atoms. The zero-order valence-corrected chi connectivity index (χ0v) is 18.0. The number of hydrogen-bond acceptors (Lipinski definition) is 6. The summed E-state index contributed by atoms with van der Waals surface area (Å²) in [5.74, 6) is 0.0391. The number of fused-ring (bicyclic) bond motifs is 2. The number of nitrogens with zero attached hydrogens (tertiary/aromatic N) is 4. The number of nitrogen functional groups attached to an aromatic ring is 1. The molecule has 0 radical (unpaired) electrons. The third kappa shape index (κ3) is 3.30. The minimum atomic E-state index is -0.390. The molecule has 0 aliphatic heterocycles. The Kier molecular flexibility index (Phi) is 4.48. The number of anilines is 1. The van der Waals surface area contributed by atoms with Crippen LogP contribution in [0.3, 0.4) is 0 Å². The number of aromatic amines is 2. The molecule has 0 atom stereocenters. The van der Waals surface area contributed by atoms with Gasteiger partial charge in [-0.05, 0) is 36.4 Å². The van der Waals surface area contributed by atoms with Gasteiger partial charge in [0.25, 0.3) is 0 Å². The quantitative estimate of drug-likeness (QED) is 0.349. The Morgan fingerprint density at radius 2 is 1.76 bits per heavy atom. The molecule has 0 aliphatic rings. The van der Waals surface area contributed by atoms with Gasteiger partial charge in [0.05, 0.1) is 41.6 Å². The molecule has 9 heteroatoms. The average Bonchev–Trinajstić information content (AvgIpc) is 3.47. The van der Waals surface area contributed by atoms with Crippen molar-refractivity contribution in [3.8, 4) is 39.7 Å². The second-order valence-corrected chi connectivity index (χ2v) is 7.88. The van der Waals surface area contributed by atoms with Gasteiger partial charge in [-0.15, -0.1) is 0 Å². The van der Waals surface area contributed by atoms with E-state index in [4.69, 9.17) is 10.5 Å². The lowest BCUT2D eigenvalue weighted by molar-refractivity contribution is 0.411. The highest BCUT2D eigenvalue weighted by Gasteiger charge is 2.16. The van der Waals surface area contributed by atoms with Crippen LogP contribution in [-0.4, -0.2) is 37.2 Å². The van der Waals surface area contributed by atoms with Crippen molar-refractivity contribution in [3.63, 3.8) is 0 Å². The van der Waals surface area contributed by atoms with E-state index in [0.29, 0.717) is 22.7 Å². The van der Waals surface area contributed by atoms with Crippen molar-refractivity contribution >= 4 is 27.5 Å². The van der Waals surface area contributed by atoms with Gasteiger partial charge in [0.2, 0.25) is 0 Å². The van der Waals surface area contributed by atoms with Crippen LogP contribution in [0.2, 0.25) is 0 Å². The smallest absolute Gasteiger partial charge is 0.127 e. The first-order valence-corrected chi connectivity index (χ1v) is 10.5. The molecule has 6 aromatic rings. The van der Waals surface area contributed by atoms with Crippen molar-refractivity contribution < 1.29 is 9.13 Å². The van der Waals surface area contributed by atoms with Crippen molar-refractivity contribution in [1.29, 1.82) is 0 Å². The highest BCUT2D eigenvalue weighted by molar-refractivity contribution is 6.00. The van der Waals surface area contributed by atoms with Crippen LogP contribution in [0.25, 0.3) is 55.7 Å². The minimum Gasteiger partial charge on any atom is -0.497 e.